The van der Waals surface area contributed by atoms with E-state index < -0.39 is 0 Å². The Morgan fingerprint density at radius 1 is 1.33 bits per heavy atom. The zero-order valence-corrected chi connectivity index (χ0v) is 12.2. The Morgan fingerprint density at radius 2 is 2.17 bits per heavy atom. The van der Waals surface area contributed by atoms with Crippen molar-refractivity contribution in [2.75, 3.05) is 7.11 Å². The van der Waals surface area contributed by atoms with E-state index in [-0.39, 0.29) is 6.10 Å². The van der Waals surface area contributed by atoms with Gasteiger partial charge in [0.05, 0.1) is 17.7 Å². The van der Waals surface area contributed by atoms with Crippen molar-refractivity contribution in [2.45, 2.75) is 31.8 Å². The molecule has 1 N–H and O–H groups in total. The molecule has 98 valence electrons. The van der Waals surface area contributed by atoms with Crippen LogP contribution in [0.15, 0.2) is 22.7 Å². The molecule has 0 saturated heterocycles. The van der Waals surface area contributed by atoms with Gasteiger partial charge in [0.2, 0.25) is 0 Å². The molecule has 3 heteroatoms. The normalized spacial score (nSPS) is 31.6. The molecule has 0 amide bonds. The van der Waals surface area contributed by atoms with Gasteiger partial charge in [0.15, 0.2) is 0 Å². The largest absolute Gasteiger partial charge is 0.496 e. The summed E-state index contributed by atoms with van der Waals surface area (Å²) in [4.78, 5) is 0. The van der Waals surface area contributed by atoms with Crippen LogP contribution in [0.2, 0.25) is 0 Å². The van der Waals surface area contributed by atoms with Crippen LogP contribution in [0.1, 0.15) is 37.4 Å². The van der Waals surface area contributed by atoms with Gasteiger partial charge < -0.3 is 9.84 Å². The molecule has 1 aromatic carbocycles. The average Bonchev–Trinajstić information content (AvgIpc) is 3.00. The van der Waals surface area contributed by atoms with Gasteiger partial charge in [-0.25, -0.2) is 0 Å². The number of halogens is 1. The summed E-state index contributed by atoms with van der Waals surface area (Å²) in [5.74, 6) is 2.89. The molecular formula is C15H19BrO2. The van der Waals surface area contributed by atoms with E-state index in [1.54, 1.807) is 7.11 Å². The lowest BCUT2D eigenvalue weighted by Gasteiger charge is -2.27. The molecule has 3 rings (SSSR count). The van der Waals surface area contributed by atoms with Gasteiger partial charge in [0.1, 0.15) is 5.75 Å². The number of fused-ring (bicyclic) bond motifs is 2. The number of aliphatic hydroxyl groups is 1. The van der Waals surface area contributed by atoms with Gasteiger partial charge in [-0.1, -0.05) is 12.5 Å². The van der Waals surface area contributed by atoms with E-state index in [9.17, 15) is 5.11 Å². The minimum Gasteiger partial charge on any atom is -0.496 e. The van der Waals surface area contributed by atoms with Crippen molar-refractivity contribution in [3.05, 3.63) is 28.2 Å². The molecule has 4 atom stereocenters. The first kappa shape index (κ1) is 12.5. The maximum absolute atomic E-state index is 10.6. The Kier molecular flexibility index (Phi) is 3.37. The van der Waals surface area contributed by atoms with Gasteiger partial charge in [-0.15, -0.1) is 0 Å². The van der Waals surface area contributed by atoms with E-state index in [4.69, 9.17) is 4.74 Å². The Hall–Kier alpha value is -0.540. The van der Waals surface area contributed by atoms with Crippen LogP contribution < -0.4 is 4.74 Å². The summed E-state index contributed by atoms with van der Waals surface area (Å²) in [6.45, 7) is 0. The summed E-state index contributed by atoms with van der Waals surface area (Å²) in [6.07, 6.45) is 4.90. The molecule has 1 aromatic rings. The fraction of sp³-hybridized carbons (Fsp3) is 0.600. The SMILES string of the molecule is COc1ccc(C(O)C2CC3CCC2C3)cc1Br. The van der Waals surface area contributed by atoms with Crippen molar-refractivity contribution in [2.24, 2.45) is 17.8 Å². The van der Waals surface area contributed by atoms with Crippen LogP contribution in [0, 0.1) is 17.8 Å². The zero-order valence-electron chi connectivity index (χ0n) is 10.6. The monoisotopic (exact) mass is 310 g/mol. The van der Waals surface area contributed by atoms with Crippen molar-refractivity contribution >= 4 is 15.9 Å². The lowest BCUT2D eigenvalue weighted by molar-refractivity contribution is 0.0744. The first-order valence-electron chi connectivity index (χ1n) is 6.70. The summed E-state index contributed by atoms with van der Waals surface area (Å²) in [6, 6.07) is 5.91. The standard InChI is InChI=1S/C15H19BrO2/c1-18-14-5-4-11(8-13(14)16)15(17)12-7-9-2-3-10(12)6-9/h4-5,8-10,12,15,17H,2-3,6-7H2,1H3. The molecule has 0 spiro atoms. The van der Waals surface area contributed by atoms with Crippen LogP contribution in [0.4, 0.5) is 0 Å². The molecule has 2 saturated carbocycles. The summed E-state index contributed by atoms with van der Waals surface area (Å²) in [5.41, 5.74) is 1.01. The highest BCUT2D eigenvalue weighted by Gasteiger charge is 2.43. The van der Waals surface area contributed by atoms with E-state index in [1.165, 1.54) is 25.7 Å². The minimum absolute atomic E-state index is 0.317. The Labute approximate surface area is 116 Å². The van der Waals surface area contributed by atoms with Gasteiger partial charge >= 0.3 is 0 Å². The molecule has 0 heterocycles. The van der Waals surface area contributed by atoms with E-state index in [0.29, 0.717) is 5.92 Å². The lowest BCUT2D eigenvalue weighted by Crippen LogP contribution is -2.19. The number of rotatable bonds is 3. The molecule has 18 heavy (non-hydrogen) atoms. The van der Waals surface area contributed by atoms with Gasteiger partial charge in [-0.3, -0.25) is 0 Å². The van der Waals surface area contributed by atoms with Crippen LogP contribution >= 0.6 is 15.9 Å². The van der Waals surface area contributed by atoms with Gasteiger partial charge in [0.25, 0.3) is 0 Å². The number of methoxy groups -OCH3 is 1. The predicted molar refractivity (Wildman–Crippen MR) is 74.6 cm³/mol. The molecule has 2 nitrogen and oxygen atoms in total. The molecule has 0 aromatic heterocycles. The zero-order chi connectivity index (χ0) is 12.7. The third-order valence-corrected chi connectivity index (χ3v) is 5.34. The Morgan fingerprint density at radius 3 is 2.72 bits per heavy atom. The molecule has 4 unspecified atom stereocenters. The highest BCUT2D eigenvalue weighted by Crippen LogP contribution is 2.52. The van der Waals surface area contributed by atoms with Crippen LogP contribution in [0.3, 0.4) is 0 Å². The Bertz CT molecular complexity index is 446. The third-order valence-electron chi connectivity index (χ3n) is 4.72. The van der Waals surface area contributed by atoms with Crippen LogP contribution in [-0.2, 0) is 0 Å². The van der Waals surface area contributed by atoms with Crippen molar-refractivity contribution in [3.8, 4) is 5.75 Å². The average molecular weight is 311 g/mol. The number of benzene rings is 1. The van der Waals surface area contributed by atoms with Crippen LogP contribution in [0.25, 0.3) is 0 Å². The van der Waals surface area contributed by atoms with E-state index in [2.05, 4.69) is 15.9 Å². The fourth-order valence-electron chi connectivity index (χ4n) is 3.79. The van der Waals surface area contributed by atoms with Crippen molar-refractivity contribution in [1.29, 1.82) is 0 Å². The van der Waals surface area contributed by atoms with Gasteiger partial charge in [-0.2, -0.15) is 0 Å². The van der Waals surface area contributed by atoms with E-state index >= 15 is 0 Å². The molecule has 2 aliphatic rings. The van der Waals surface area contributed by atoms with E-state index in [1.807, 2.05) is 18.2 Å². The summed E-state index contributed by atoms with van der Waals surface area (Å²) in [7, 11) is 1.66. The quantitative estimate of drug-likeness (QED) is 0.916. The van der Waals surface area contributed by atoms with Gasteiger partial charge in [-0.05, 0) is 70.6 Å². The topological polar surface area (TPSA) is 29.5 Å². The number of hydrogen-bond acceptors (Lipinski definition) is 2. The van der Waals surface area contributed by atoms with Crippen molar-refractivity contribution in [3.63, 3.8) is 0 Å². The second kappa shape index (κ2) is 4.86. The predicted octanol–water partition coefficient (Wildman–Crippen LogP) is 3.93. The second-order valence-corrected chi connectivity index (χ2v) is 6.53. The first-order valence-corrected chi connectivity index (χ1v) is 7.50. The molecule has 2 bridgehead atoms. The van der Waals surface area contributed by atoms with Crippen LogP contribution in [-0.4, -0.2) is 12.2 Å². The smallest absolute Gasteiger partial charge is 0.133 e. The van der Waals surface area contributed by atoms with Crippen LogP contribution in [0.5, 0.6) is 5.75 Å². The summed E-state index contributed by atoms with van der Waals surface area (Å²) < 4.78 is 6.15. The molecule has 2 fully saturated rings. The highest BCUT2D eigenvalue weighted by atomic mass is 79.9. The van der Waals surface area contributed by atoms with E-state index in [0.717, 1.165) is 27.6 Å². The fourth-order valence-corrected chi connectivity index (χ4v) is 4.35. The maximum Gasteiger partial charge on any atom is 0.133 e. The van der Waals surface area contributed by atoms with Crippen molar-refractivity contribution < 1.29 is 9.84 Å². The minimum atomic E-state index is -0.317. The third kappa shape index (κ3) is 2.08. The maximum atomic E-state index is 10.6. The number of ether oxygens (including phenoxy) is 1. The summed E-state index contributed by atoms with van der Waals surface area (Å²) in [5, 5.41) is 10.6. The first-order chi connectivity index (χ1) is 8.69. The molecule has 0 radical (unpaired) electrons. The summed E-state index contributed by atoms with van der Waals surface area (Å²) >= 11 is 3.49. The molecule has 2 aliphatic carbocycles. The second-order valence-electron chi connectivity index (χ2n) is 5.68. The van der Waals surface area contributed by atoms with Crippen molar-refractivity contribution in [1.82, 2.24) is 0 Å². The van der Waals surface area contributed by atoms with Gasteiger partial charge in [0, 0.05) is 0 Å². The Balaban J connectivity index is 1.80. The number of aliphatic hydroxyl groups excluding tert-OH is 1. The lowest BCUT2D eigenvalue weighted by atomic mass is 9.82. The number of hydrogen-bond donors (Lipinski definition) is 1. The highest BCUT2D eigenvalue weighted by molar-refractivity contribution is 9.10. The molecular weight excluding hydrogens is 292 g/mol. The molecule has 0 aliphatic heterocycles.